The molecule has 0 saturated heterocycles. The molecule has 2 aromatic carbocycles. The van der Waals surface area contributed by atoms with Crippen molar-refractivity contribution in [1.82, 2.24) is 5.32 Å². The summed E-state index contributed by atoms with van der Waals surface area (Å²) in [6.07, 6.45) is 1.24. The minimum atomic E-state index is -0.720. The number of aryl methyl sites for hydroxylation is 1. The van der Waals surface area contributed by atoms with Gasteiger partial charge in [-0.15, -0.1) is 11.8 Å². The summed E-state index contributed by atoms with van der Waals surface area (Å²) in [5.41, 5.74) is 2.59. The Kier molecular flexibility index (Phi) is 5.86. The minimum Gasteiger partial charge on any atom is -0.387 e. The monoisotopic (exact) mass is 316 g/mol. The summed E-state index contributed by atoms with van der Waals surface area (Å²) in [6, 6.07) is 14.9. The van der Waals surface area contributed by atoms with Crippen molar-refractivity contribution in [3.8, 4) is 0 Å². The molecule has 0 radical (unpaired) electrons. The van der Waals surface area contributed by atoms with Gasteiger partial charge in [-0.2, -0.15) is 0 Å². The summed E-state index contributed by atoms with van der Waals surface area (Å²) in [4.78, 5) is 13.0. The van der Waals surface area contributed by atoms with E-state index in [1.807, 2.05) is 61.7 Å². The quantitative estimate of drug-likeness (QED) is 0.739. The van der Waals surface area contributed by atoms with Crippen LogP contribution in [0, 0.1) is 6.92 Å². The molecule has 0 aliphatic carbocycles. The molecule has 4 nitrogen and oxygen atoms in total. The van der Waals surface area contributed by atoms with Crippen LogP contribution in [-0.4, -0.2) is 23.9 Å². The topological polar surface area (TPSA) is 61.4 Å². The van der Waals surface area contributed by atoms with Crippen LogP contribution in [0.2, 0.25) is 0 Å². The fourth-order valence-corrected chi connectivity index (χ4v) is 2.73. The van der Waals surface area contributed by atoms with E-state index in [1.165, 1.54) is 0 Å². The van der Waals surface area contributed by atoms with Crippen molar-refractivity contribution in [3.63, 3.8) is 0 Å². The van der Waals surface area contributed by atoms with Crippen LogP contribution in [0.3, 0.4) is 0 Å². The van der Waals surface area contributed by atoms with E-state index < -0.39 is 6.10 Å². The predicted octanol–water partition coefficient (Wildman–Crippen LogP) is 3.57. The highest BCUT2D eigenvalue weighted by molar-refractivity contribution is 7.98. The number of anilines is 1. The number of carbonyl (C=O) groups is 1. The van der Waals surface area contributed by atoms with Gasteiger partial charge in [0.1, 0.15) is 0 Å². The standard InChI is InChI=1S/C17H20N2O2S/c1-12-7-3-4-8-13(12)15(20)11-18-17(21)19-14-9-5-6-10-16(14)22-2/h3-10,15,20H,11H2,1-2H3,(H2,18,19,21). The lowest BCUT2D eigenvalue weighted by atomic mass is 10.0. The minimum absolute atomic E-state index is 0.165. The first-order valence-corrected chi connectivity index (χ1v) is 8.25. The van der Waals surface area contributed by atoms with Gasteiger partial charge in [0.15, 0.2) is 0 Å². The number of hydrogen-bond acceptors (Lipinski definition) is 3. The zero-order valence-corrected chi connectivity index (χ0v) is 13.5. The Bertz CT molecular complexity index is 646. The summed E-state index contributed by atoms with van der Waals surface area (Å²) in [5.74, 6) is 0. The van der Waals surface area contributed by atoms with E-state index in [9.17, 15) is 9.90 Å². The van der Waals surface area contributed by atoms with Gasteiger partial charge in [0, 0.05) is 11.4 Å². The van der Waals surface area contributed by atoms with E-state index in [2.05, 4.69) is 10.6 Å². The Morgan fingerprint density at radius 2 is 1.86 bits per heavy atom. The molecule has 116 valence electrons. The molecule has 0 aliphatic rings. The molecule has 0 heterocycles. The molecule has 3 N–H and O–H groups in total. The lowest BCUT2D eigenvalue weighted by Crippen LogP contribution is -2.32. The molecule has 0 bridgehead atoms. The number of hydrogen-bond donors (Lipinski definition) is 3. The maximum atomic E-state index is 12.0. The third kappa shape index (κ3) is 4.26. The van der Waals surface area contributed by atoms with Gasteiger partial charge >= 0.3 is 6.03 Å². The average molecular weight is 316 g/mol. The molecule has 0 fully saturated rings. The first-order valence-electron chi connectivity index (χ1n) is 7.03. The van der Waals surface area contributed by atoms with Crippen molar-refractivity contribution in [1.29, 1.82) is 0 Å². The van der Waals surface area contributed by atoms with E-state index in [-0.39, 0.29) is 12.6 Å². The molecule has 0 aliphatic heterocycles. The zero-order chi connectivity index (χ0) is 15.9. The van der Waals surface area contributed by atoms with Crippen LogP contribution >= 0.6 is 11.8 Å². The van der Waals surface area contributed by atoms with Crippen molar-refractivity contribution in [2.75, 3.05) is 18.1 Å². The Labute approximate surface area is 134 Å². The summed E-state index contributed by atoms with van der Waals surface area (Å²) >= 11 is 1.57. The number of aliphatic hydroxyl groups is 1. The van der Waals surface area contributed by atoms with Crippen LogP contribution in [0.15, 0.2) is 53.4 Å². The number of rotatable bonds is 5. The summed E-state index contributed by atoms with van der Waals surface area (Å²) in [6.45, 7) is 2.10. The van der Waals surface area contributed by atoms with Crippen LogP contribution in [0.1, 0.15) is 17.2 Å². The maximum Gasteiger partial charge on any atom is 0.319 e. The second-order valence-electron chi connectivity index (χ2n) is 4.91. The van der Waals surface area contributed by atoms with E-state index >= 15 is 0 Å². The van der Waals surface area contributed by atoms with Crippen molar-refractivity contribution in [2.24, 2.45) is 0 Å². The zero-order valence-electron chi connectivity index (χ0n) is 12.7. The third-order valence-corrected chi connectivity index (χ3v) is 4.15. The van der Waals surface area contributed by atoms with Crippen LogP contribution in [-0.2, 0) is 0 Å². The van der Waals surface area contributed by atoms with Gasteiger partial charge in [0.25, 0.3) is 0 Å². The highest BCUT2D eigenvalue weighted by atomic mass is 32.2. The van der Waals surface area contributed by atoms with Crippen LogP contribution < -0.4 is 10.6 Å². The number of urea groups is 1. The summed E-state index contributed by atoms with van der Waals surface area (Å²) < 4.78 is 0. The van der Waals surface area contributed by atoms with Gasteiger partial charge in [-0.25, -0.2) is 4.79 Å². The van der Waals surface area contributed by atoms with Gasteiger partial charge in [-0.3, -0.25) is 0 Å². The van der Waals surface area contributed by atoms with E-state index in [0.717, 1.165) is 21.7 Å². The maximum absolute atomic E-state index is 12.0. The molecule has 0 spiro atoms. The van der Waals surface area contributed by atoms with Crippen LogP contribution in [0.25, 0.3) is 0 Å². The van der Waals surface area contributed by atoms with Gasteiger partial charge < -0.3 is 15.7 Å². The number of amides is 2. The Balaban J connectivity index is 1.92. The second-order valence-corrected chi connectivity index (χ2v) is 5.76. The first-order chi connectivity index (χ1) is 10.6. The Hall–Kier alpha value is -1.98. The number of nitrogens with one attached hydrogen (secondary N) is 2. The fraction of sp³-hybridized carbons (Fsp3) is 0.235. The number of aliphatic hydroxyl groups excluding tert-OH is 1. The fourth-order valence-electron chi connectivity index (χ4n) is 2.17. The molecule has 2 rings (SSSR count). The largest absolute Gasteiger partial charge is 0.387 e. The van der Waals surface area contributed by atoms with Crippen molar-refractivity contribution in [2.45, 2.75) is 17.9 Å². The molecule has 2 aromatic rings. The Morgan fingerprint density at radius 1 is 1.18 bits per heavy atom. The normalized spacial score (nSPS) is 11.8. The molecule has 0 saturated carbocycles. The van der Waals surface area contributed by atoms with E-state index in [0.29, 0.717) is 0 Å². The van der Waals surface area contributed by atoms with Gasteiger partial charge in [-0.1, -0.05) is 36.4 Å². The smallest absolute Gasteiger partial charge is 0.319 e. The molecule has 0 aromatic heterocycles. The van der Waals surface area contributed by atoms with Gasteiger partial charge in [0.05, 0.1) is 11.8 Å². The number of thioether (sulfide) groups is 1. The van der Waals surface area contributed by atoms with Crippen molar-refractivity contribution in [3.05, 3.63) is 59.7 Å². The van der Waals surface area contributed by atoms with E-state index in [1.54, 1.807) is 11.8 Å². The summed E-state index contributed by atoms with van der Waals surface area (Å²) in [7, 11) is 0. The van der Waals surface area contributed by atoms with Crippen molar-refractivity contribution < 1.29 is 9.90 Å². The molecule has 1 unspecified atom stereocenters. The SMILES string of the molecule is CSc1ccccc1NC(=O)NCC(O)c1ccccc1C. The highest BCUT2D eigenvalue weighted by Crippen LogP contribution is 2.24. The van der Waals surface area contributed by atoms with Gasteiger partial charge in [0.2, 0.25) is 0 Å². The molecule has 2 amide bonds. The predicted molar refractivity (Wildman–Crippen MR) is 91.4 cm³/mol. The highest BCUT2D eigenvalue weighted by Gasteiger charge is 2.12. The number of carbonyl (C=O) groups excluding carboxylic acids is 1. The van der Waals surface area contributed by atoms with E-state index in [4.69, 9.17) is 0 Å². The lowest BCUT2D eigenvalue weighted by Gasteiger charge is -2.15. The van der Waals surface area contributed by atoms with Crippen LogP contribution in [0.4, 0.5) is 10.5 Å². The molecular formula is C17H20N2O2S. The third-order valence-electron chi connectivity index (χ3n) is 3.36. The number of para-hydroxylation sites is 1. The van der Waals surface area contributed by atoms with Crippen molar-refractivity contribution >= 4 is 23.5 Å². The summed E-state index contributed by atoms with van der Waals surface area (Å²) in [5, 5.41) is 15.7. The molecule has 5 heteroatoms. The van der Waals surface area contributed by atoms with Crippen LogP contribution in [0.5, 0.6) is 0 Å². The molecule has 22 heavy (non-hydrogen) atoms. The number of benzene rings is 2. The molecular weight excluding hydrogens is 296 g/mol. The van der Waals surface area contributed by atoms with Gasteiger partial charge in [-0.05, 0) is 36.4 Å². The average Bonchev–Trinajstić information content (AvgIpc) is 2.53. The lowest BCUT2D eigenvalue weighted by molar-refractivity contribution is 0.174. The first kappa shape index (κ1) is 16.4. The molecule has 1 atom stereocenters. The second kappa shape index (κ2) is 7.87. The Morgan fingerprint density at radius 3 is 2.59 bits per heavy atom.